The van der Waals surface area contributed by atoms with Gasteiger partial charge in [0.25, 0.3) is 0 Å². The number of aliphatic hydroxyl groups is 1. The maximum atomic E-state index is 9.28. The van der Waals surface area contributed by atoms with Crippen LogP contribution in [0.2, 0.25) is 0 Å². The van der Waals surface area contributed by atoms with Crippen LogP contribution in [0.15, 0.2) is 5.38 Å². The fraction of sp³-hybridized carbons (Fsp3) is 0.700. The van der Waals surface area contributed by atoms with Gasteiger partial charge in [-0.25, -0.2) is 4.98 Å². The second kappa shape index (κ2) is 3.39. The van der Waals surface area contributed by atoms with E-state index in [1.165, 1.54) is 19.3 Å². The Bertz CT molecular complexity index is 285. The molecular formula is C10H15NOS. The molecule has 0 spiro atoms. The Hall–Kier alpha value is -0.410. The van der Waals surface area contributed by atoms with Gasteiger partial charge in [0, 0.05) is 12.0 Å². The first kappa shape index (κ1) is 9.16. The molecule has 13 heavy (non-hydrogen) atoms. The zero-order valence-electron chi connectivity index (χ0n) is 7.92. The van der Waals surface area contributed by atoms with E-state index in [0.717, 1.165) is 17.1 Å². The standard InChI is InChI=1S/C10H15NOS/c1-8-11-9(6-13-8)5-10(7-12)3-2-4-10/h6,12H,2-5,7H2,1H3. The van der Waals surface area contributed by atoms with E-state index >= 15 is 0 Å². The number of aliphatic hydroxyl groups excluding tert-OH is 1. The van der Waals surface area contributed by atoms with E-state index in [9.17, 15) is 5.11 Å². The van der Waals surface area contributed by atoms with Crippen molar-refractivity contribution in [3.05, 3.63) is 16.1 Å². The third kappa shape index (κ3) is 1.76. The highest BCUT2D eigenvalue weighted by Gasteiger charge is 2.36. The van der Waals surface area contributed by atoms with Crippen LogP contribution in [0.25, 0.3) is 0 Å². The smallest absolute Gasteiger partial charge is 0.0897 e. The molecule has 1 fully saturated rings. The van der Waals surface area contributed by atoms with Crippen molar-refractivity contribution in [3.8, 4) is 0 Å². The van der Waals surface area contributed by atoms with Crippen molar-refractivity contribution in [1.82, 2.24) is 4.98 Å². The Labute approximate surface area is 82.6 Å². The quantitative estimate of drug-likeness (QED) is 0.805. The molecular weight excluding hydrogens is 182 g/mol. The van der Waals surface area contributed by atoms with E-state index in [0.29, 0.717) is 6.61 Å². The maximum absolute atomic E-state index is 9.28. The van der Waals surface area contributed by atoms with E-state index in [1.54, 1.807) is 11.3 Å². The molecule has 0 amide bonds. The van der Waals surface area contributed by atoms with Crippen LogP contribution in [0.5, 0.6) is 0 Å². The van der Waals surface area contributed by atoms with Gasteiger partial charge in [-0.15, -0.1) is 11.3 Å². The summed E-state index contributed by atoms with van der Waals surface area (Å²) in [6.45, 7) is 2.35. The minimum absolute atomic E-state index is 0.181. The van der Waals surface area contributed by atoms with Gasteiger partial charge in [-0.2, -0.15) is 0 Å². The Kier molecular flexibility index (Phi) is 2.39. The Morgan fingerprint density at radius 1 is 1.62 bits per heavy atom. The molecule has 1 N–H and O–H groups in total. The molecule has 0 radical (unpaired) electrons. The highest BCUT2D eigenvalue weighted by molar-refractivity contribution is 7.09. The van der Waals surface area contributed by atoms with Gasteiger partial charge >= 0.3 is 0 Å². The van der Waals surface area contributed by atoms with Crippen LogP contribution in [0.4, 0.5) is 0 Å². The largest absolute Gasteiger partial charge is 0.396 e. The Morgan fingerprint density at radius 2 is 2.38 bits per heavy atom. The topological polar surface area (TPSA) is 33.1 Å². The Morgan fingerprint density at radius 3 is 2.77 bits per heavy atom. The van der Waals surface area contributed by atoms with Crippen LogP contribution in [-0.2, 0) is 6.42 Å². The highest BCUT2D eigenvalue weighted by atomic mass is 32.1. The van der Waals surface area contributed by atoms with Crippen molar-refractivity contribution in [2.45, 2.75) is 32.6 Å². The lowest BCUT2D eigenvalue weighted by atomic mass is 9.67. The zero-order chi connectivity index (χ0) is 9.31. The van der Waals surface area contributed by atoms with Crippen molar-refractivity contribution >= 4 is 11.3 Å². The first-order valence-corrected chi connectivity index (χ1v) is 5.64. The Balaban J connectivity index is 2.04. The molecule has 0 aliphatic heterocycles. The van der Waals surface area contributed by atoms with E-state index in [-0.39, 0.29) is 5.41 Å². The maximum Gasteiger partial charge on any atom is 0.0897 e. The van der Waals surface area contributed by atoms with Crippen LogP contribution in [0.3, 0.4) is 0 Å². The predicted molar refractivity (Wildman–Crippen MR) is 53.9 cm³/mol. The first-order chi connectivity index (χ1) is 6.24. The number of nitrogens with zero attached hydrogens (tertiary/aromatic N) is 1. The lowest BCUT2D eigenvalue weighted by Gasteiger charge is -2.39. The number of aryl methyl sites for hydroxylation is 1. The second-order valence-electron chi connectivity index (χ2n) is 4.05. The molecule has 3 heteroatoms. The third-order valence-corrected chi connectivity index (χ3v) is 3.79. The summed E-state index contributed by atoms with van der Waals surface area (Å²) >= 11 is 1.70. The second-order valence-corrected chi connectivity index (χ2v) is 5.11. The van der Waals surface area contributed by atoms with E-state index in [2.05, 4.69) is 10.4 Å². The summed E-state index contributed by atoms with van der Waals surface area (Å²) in [5.74, 6) is 0. The highest BCUT2D eigenvalue weighted by Crippen LogP contribution is 2.43. The molecule has 2 nitrogen and oxygen atoms in total. The fourth-order valence-corrected chi connectivity index (χ4v) is 2.55. The molecule has 1 aromatic heterocycles. The number of thiazole rings is 1. The summed E-state index contributed by atoms with van der Waals surface area (Å²) in [5.41, 5.74) is 1.34. The monoisotopic (exact) mass is 197 g/mol. The summed E-state index contributed by atoms with van der Waals surface area (Å²) in [6, 6.07) is 0. The molecule has 1 aromatic rings. The van der Waals surface area contributed by atoms with Crippen LogP contribution in [0, 0.1) is 12.3 Å². The normalized spacial score (nSPS) is 19.8. The van der Waals surface area contributed by atoms with Crippen molar-refractivity contribution < 1.29 is 5.11 Å². The number of aromatic nitrogens is 1. The van der Waals surface area contributed by atoms with E-state index < -0.39 is 0 Å². The van der Waals surface area contributed by atoms with E-state index in [4.69, 9.17) is 0 Å². The molecule has 0 atom stereocenters. The average molecular weight is 197 g/mol. The summed E-state index contributed by atoms with van der Waals surface area (Å²) in [6.07, 6.45) is 4.57. The number of hydrogen-bond acceptors (Lipinski definition) is 3. The summed E-state index contributed by atoms with van der Waals surface area (Å²) < 4.78 is 0. The minimum atomic E-state index is 0.181. The molecule has 0 bridgehead atoms. The summed E-state index contributed by atoms with van der Waals surface area (Å²) in [4.78, 5) is 4.43. The van der Waals surface area contributed by atoms with Gasteiger partial charge in [0.1, 0.15) is 0 Å². The molecule has 0 aromatic carbocycles. The average Bonchev–Trinajstić information content (AvgIpc) is 2.44. The SMILES string of the molecule is Cc1nc(CC2(CO)CCC2)cs1. The lowest BCUT2D eigenvalue weighted by Crippen LogP contribution is -2.35. The number of rotatable bonds is 3. The predicted octanol–water partition coefficient (Wildman–Crippen LogP) is 2.16. The van der Waals surface area contributed by atoms with Crippen molar-refractivity contribution in [3.63, 3.8) is 0 Å². The van der Waals surface area contributed by atoms with Crippen LogP contribution < -0.4 is 0 Å². The van der Waals surface area contributed by atoms with Crippen molar-refractivity contribution in [1.29, 1.82) is 0 Å². The minimum Gasteiger partial charge on any atom is -0.396 e. The lowest BCUT2D eigenvalue weighted by molar-refractivity contribution is 0.0442. The van der Waals surface area contributed by atoms with Crippen molar-refractivity contribution in [2.24, 2.45) is 5.41 Å². The van der Waals surface area contributed by atoms with Crippen LogP contribution in [-0.4, -0.2) is 16.7 Å². The molecule has 1 heterocycles. The third-order valence-electron chi connectivity index (χ3n) is 2.97. The van der Waals surface area contributed by atoms with Gasteiger partial charge in [0.15, 0.2) is 0 Å². The van der Waals surface area contributed by atoms with Gasteiger partial charge in [0.2, 0.25) is 0 Å². The fourth-order valence-electron chi connectivity index (χ4n) is 1.94. The molecule has 2 rings (SSSR count). The summed E-state index contributed by atoms with van der Waals surface area (Å²) in [7, 11) is 0. The van der Waals surface area contributed by atoms with Gasteiger partial charge in [0.05, 0.1) is 10.7 Å². The molecule has 72 valence electrons. The molecule has 1 saturated carbocycles. The van der Waals surface area contributed by atoms with Crippen molar-refractivity contribution in [2.75, 3.05) is 6.61 Å². The van der Waals surface area contributed by atoms with Gasteiger partial charge < -0.3 is 5.11 Å². The van der Waals surface area contributed by atoms with Gasteiger partial charge in [-0.3, -0.25) is 0 Å². The molecule has 1 aliphatic rings. The molecule has 0 saturated heterocycles. The van der Waals surface area contributed by atoms with Crippen LogP contribution in [0.1, 0.15) is 30.0 Å². The van der Waals surface area contributed by atoms with E-state index in [1.807, 2.05) is 6.92 Å². The van der Waals surface area contributed by atoms with Gasteiger partial charge in [-0.1, -0.05) is 6.42 Å². The zero-order valence-corrected chi connectivity index (χ0v) is 8.73. The first-order valence-electron chi connectivity index (χ1n) is 4.76. The summed E-state index contributed by atoms with van der Waals surface area (Å²) in [5, 5.41) is 12.5. The molecule has 0 unspecified atom stereocenters. The van der Waals surface area contributed by atoms with Crippen LogP contribution >= 0.6 is 11.3 Å². The molecule has 1 aliphatic carbocycles. The number of hydrogen-bond donors (Lipinski definition) is 1. The van der Waals surface area contributed by atoms with Gasteiger partial charge in [-0.05, 0) is 31.6 Å².